The van der Waals surface area contributed by atoms with Crippen molar-refractivity contribution in [1.29, 1.82) is 0 Å². The number of nitrogens with one attached hydrogen (secondary N) is 1. The highest BCUT2D eigenvalue weighted by molar-refractivity contribution is 7.99. The van der Waals surface area contributed by atoms with Crippen LogP contribution in [-0.4, -0.2) is 43.2 Å². The third-order valence-electron chi connectivity index (χ3n) is 4.47. The minimum atomic E-state index is -0.491. The van der Waals surface area contributed by atoms with Crippen LogP contribution in [0.5, 0.6) is 5.75 Å². The Morgan fingerprint density at radius 1 is 1.09 bits per heavy atom. The number of para-hydroxylation sites is 1. The Kier molecular flexibility index (Phi) is 6.17. The van der Waals surface area contributed by atoms with Crippen LogP contribution in [0.1, 0.15) is 0 Å². The molecule has 1 amide bonds. The number of amides is 1. The Labute approximate surface area is 187 Å². The molecule has 2 aromatic carbocycles. The second-order valence-electron chi connectivity index (χ2n) is 6.52. The summed E-state index contributed by atoms with van der Waals surface area (Å²) in [5.74, 6) is 1.02. The number of nitro benzene ring substituents is 1. The Morgan fingerprint density at radius 3 is 2.50 bits per heavy atom. The molecule has 162 valence electrons. The van der Waals surface area contributed by atoms with Gasteiger partial charge in [0, 0.05) is 30.2 Å². The number of anilines is 1. The van der Waals surface area contributed by atoms with Gasteiger partial charge in [0.1, 0.15) is 5.75 Å². The van der Waals surface area contributed by atoms with Gasteiger partial charge in [0.05, 0.1) is 23.3 Å². The number of ether oxygens (including phenoxy) is 1. The van der Waals surface area contributed by atoms with Crippen LogP contribution in [0.4, 0.5) is 11.4 Å². The molecule has 0 aliphatic carbocycles. The van der Waals surface area contributed by atoms with Gasteiger partial charge in [-0.15, -0.1) is 10.2 Å². The molecule has 0 atom stereocenters. The number of benzene rings is 2. The first-order valence-corrected chi connectivity index (χ1v) is 10.4. The molecule has 10 nitrogen and oxygen atoms in total. The maximum Gasteiger partial charge on any atom is 0.269 e. The summed E-state index contributed by atoms with van der Waals surface area (Å²) < 4.78 is 9.08. The van der Waals surface area contributed by atoms with E-state index in [4.69, 9.17) is 4.74 Å². The maximum absolute atomic E-state index is 12.4. The Bertz CT molecular complexity index is 1240. The summed E-state index contributed by atoms with van der Waals surface area (Å²) in [6.07, 6.45) is 3.70. The predicted octanol–water partition coefficient (Wildman–Crippen LogP) is 3.71. The van der Waals surface area contributed by atoms with Gasteiger partial charge in [-0.2, -0.15) is 0 Å². The Balaban J connectivity index is 1.54. The summed E-state index contributed by atoms with van der Waals surface area (Å²) in [7, 11) is 1.59. The molecule has 2 heterocycles. The van der Waals surface area contributed by atoms with Crippen molar-refractivity contribution in [3.63, 3.8) is 0 Å². The van der Waals surface area contributed by atoms with E-state index in [0.29, 0.717) is 22.4 Å². The SMILES string of the molecule is COc1ccccc1-c1nnc(SCC(=O)Nc2ccc([N+](=O)[O-])cc2)n1-n1cccc1. The zero-order valence-electron chi connectivity index (χ0n) is 16.9. The number of aromatic nitrogens is 4. The van der Waals surface area contributed by atoms with E-state index in [9.17, 15) is 14.9 Å². The monoisotopic (exact) mass is 450 g/mol. The lowest BCUT2D eigenvalue weighted by Crippen LogP contribution is -2.16. The molecule has 0 saturated heterocycles. The second-order valence-corrected chi connectivity index (χ2v) is 7.46. The van der Waals surface area contributed by atoms with Crippen molar-refractivity contribution in [2.45, 2.75) is 5.16 Å². The molecule has 32 heavy (non-hydrogen) atoms. The zero-order chi connectivity index (χ0) is 22.5. The number of nitro groups is 1. The third-order valence-corrected chi connectivity index (χ3v) is 5.39. The average molecular weight is 450 g/mol. The highest BCUT2D eigenvalue weighted by atomic mass is 32.2. The fourth-order valence-electron chi connectivity index (χ4n) is 3.01. The molecule has 0 unspecified atom stereocenters. The number of rotatable bonds is 8. The molecule has 4 rings (SSSR count). The largest absolute Gasteiger partial charge is 0.496 e. The lowest BCUT2D eigenvalue weighted by molar-refractivity contribution is -0.384. The molecule has 0 spiro atoms. The highest BCUT2D eigenvalue weighted by Gasteiger charge is 2.19. The number of hydrogen-bond donors (Lipinski definition) is 1. The topological polar surface area (TPSA) is 117 Å². The molecule has 11 heteroatoms. The average Bonchev–Trinajstić information content (AvgIpc) is 3.47. The normalized spacial score (nSPS) is 10.7. The number of methoxy groups -OCH3 is 1. The summed E-state index contributed by atoms with van der Waals surface area (Å²) in [5, 5.41) is 22.6. The van der Waals surface area contributed by atoms with Crippen LogP contribution in [0.2, 0.25) is 0 Å². The van der Waals surface area contributed by atoms with Crippen molar-refractivity contribution in [1.82, 2.24) is 19.5 Å². The van der Waals surface area contributed by atoms with E-state index < -0.39 is 4.92 Å². The molecule has 1 N–H and O–H groups in total. The van der Waals surface area contributed by atoms with Crippen molar-refractivity contribution >= 4 is 29.0 Å². The van der Waals surface area contributed by atoms with Gasteiger partial charge in [-0.3, -0.25) is 19.6 Å². The maximum atomic E-state index is 12.4. The molecular weight excluding hydrogens is 432 g/mol. The molecule has 0 bridgehead atoms. The van der Waals surface area contributed by atoms with Crippen LogP contribution in [0.15, 0.2) is 78.2 Å². The van der Waals surface area contributed by atoms with Crippen molar-refractivity contribution in [2.75, 3.05) is 18.2 Å². The first-order chi connectivity index (χ1) is 15.6. The van der Waals surface area contributed by atoms with Gasteiger partial charge in [0.15, 0.2) is 5.82 Å². The van der Waals surface area contributed by atoms with Gasteiger partial charge in [-0.1, -0.05) is 23.9 Å². The molecule has 0 saturated carbocycles. The second kappa shape index (κ2) is 9.35. The number of non-ortho nitro benzene ring substituents is 1. The minimum absolute atomic E-state index is 0.0407. The first-order valence-electron chi connectivity index (χ1n) is 9.46. The fraction of sp³-hybridized carbons (Fsp3) is 0.0952. The van der Waals surface area contributed by atoms with E-state index in [1.807, 2.05) is 53.5 Å². The van der Waals surface area contributed by atoms with Crippen LogP contribution in [0.25, 0.3) is 11.4 Å². The van der Waals surface area contributed by atoms with Crippen LogP contribution < -0.4 is 10.1 Å². The van der Waals surface area contributed by atoms with E-state index in [1.165, 1.54) is 36.0 Å². The third kappa shape index (κ3) is 4.47. The summed E-state index contributed by atoms with van der Waals surface area (Å²) in [5.41, 5.74) is 1.20. The van der Waals surface area contributed by atoms with E-state index in [0.717, 1.165) is 5.56 Å². The molecular formula is C21H18N6O4S. The van der Waals surface area contributed by atoms with E-state index in [2.05, 4.69) is 15.5 Å². The predicted molar refractivity (Wildman–Crippen MR) is 120 cm³/mol. The van der Waals surface area contributed by atoms with Crippen LogP contribution in [0.3, 0.4) is 0 Å². The lowest BCUT2D eigenvalue weighted by Gasteiger charge is -2.13. The molecule has 4 aromatic rings. The van der Waals surface area contributed by atoms with Crippen LogP contribution in [0, 0.1) is 10.1 Å². The first kappa shape index (κ1) is 21.1. The standard InChI is InChI=1S/C21H18N6O4S/c1-31-18-7-3-2-6-17(18)20-23-24-21(26(20)25-12-4-5-13-25)32-14-19(28)22-15-8-10-16(11-9-15)27(29)30/h2-13H,14H2,1H3,(H,22,28). The molecule has 0 radical (unpaired) electrons. The van der Waals surface area contributed by atoms with Gasteiger partial charge >= 0.3 is 0 Å². The molecule has 2 aromatic heterocycles. The van der Waals surface area contributed by atoms with Gasteiger partial charge in [0.25, 0.3) is 5.69 Å². The Morgan fingerprint density at radius 2 is 1.81 bits per heavy atom. The smallest absolute Gasteiger partial charge is 0.269 e. The minimum Gasteiger partial charge on any atom is -0.496 e. The number of carbonyl (C=O) groups is 1. The summed E-state index contributed by atoms with van der Waals surface area (Å²) in [4.78, 5) is 22.7. The number of nitrogens with zero attached hydrogens (tertiary/aromatic N) is 5. The lowest BCUT2D eigenvalue weighted by atomic mass is 10.2. The van der Waals surface area contributed by atoms with Crippen molar-refractivity contribution < 1.29 is 14.5 Å². The van der Waals surface area contributed by atoms with E-state index in [1.54, 1.807) is 11.8 Å². The van der Waals surface area contributed by atoms with Gasteiger partial charge in [-0.05, 0) is 36.4 Å². The van der Waals surface area contributed by atoms with Crippen LogP contribution >= 0.6 is 11.8 Å². The quantitative estimate of drug-likeness (QED) is 0.247. The summed E-state index contributed by atoms with van der Waals surface area (Å²) >= 11 is 1.22. The van der Waals surface area contributed by atoms with E-state index in [-0.39, 0.29) is 17.3 Å². The zero-order valence-corrected chi connectivity index (χ0v) is 17.7. The molecule has 0 fully saturated rings. The number of hydrogen-bond acceptors (Lipinski definition) is 7. The molecule has 0 aliphatic heterocycles. The van der Waals surface area contributed by atoms with Crippen molar-refractivity contribution in [3.05, 3.63) is 83.2 Å². The Hall–Kier alpha value is -4.12. The van der Waals surface area contributed by atoms with Crippen molar-refractivity contribution in [2.24, 2.45) is 0 Å². The van der Waals surface area contributed by atoms with E-state index >= 15 is 0 Å². The molecule has 0 aliphatic rings. The number of carbonyl (C=O) groups excluding carboxylic acids is 1. The van der Waals surface area contributed by atoms with Gasteiger partial charge in [0.2, 0.25) is 11.1 Å². The van der Waals surface area contributed by atoms with Gasteiger partial charge in [-0.25, -0.2) is 4.68 Å². The summed E-state index contributed by atoms with van der Waals surface area (Å²) in [6.45, 7) is 0. The van der Waals surface area contributed by atoms with Gasteiger partial charge < -0.3 is 10.1 Å². The fourth-order valence-corrected chi connectivity index (χ4v) is 3.75. The summed E-state index contributed by atoms with van der Waals surface area (Å²) in [6, 6.07) is 16.9. The highest BCUT2D eigenvalue weighted by Crippen LogP contribution is 2.31. The van der Waals surface area contributed by atoms with Crippen LogP contribution in [-0.2, 0) is 4.79 Å². The van der Waals surface area contributed by atoms with Crippen molar-refractivity contribution in [3.8, 4) is 17.1 Å². The number of thioether (sulfide) groups is 1.